The highest BCUT2D eigenvalue weighted by molar-refractivity contribution is 7.15. The molecule has 0 spiro atoms. The van der Waals surface area contributed by atoms with Gasteiger partial charge in [0.25, 0.3) is 0 Å². The van der Waals surface area contributed by atoms with Gasteiger partial charge in [0.05, 0.1) is 11.7 Å². The highest BCUT2D eigenvalue weighted by Crippen LogP contribution is 2.40. The molecule has 1 aliphatic heterocycles. The van der Waals surface area contributed by atoms with Gasteiger partial charge in [-0.25, -0.2) is 4.98 Å². The molecule has 1 N–H and O–H groups in total. The molecule has 1 aromatic rings. The smallest absolute Gasteiger partial charge is 0.185 e. The van der Waals surface area contributed by atoms with E-state index in [1.54, 1.807) is 0 Å². The summed E-state index contributed by atoms with van der Waals surface area (Å²) in [5.41, 5.74) is 1.91. The fourth-order valence-corrected chi connectivity index (χ4v) is 4.79. The molecule has 1 fully saturated rings. The van der Waals surface area contributed by atoms with Crippen molar-refractivity contribution in [3.05, 3.63) is 10.6 Å². The number of hydrogen-bond donors (Lipinski definition) is 1. The number of aromatic nitrogens is 1. The van der Waals surface area contributed by atoms with Crippen molar-refractivity contribution in [2.24, 2.45) is 5.41 Å². The minimum absolute atomic E-state index is 0.495. The molecular weight excluding hydrogens is 278 g/mol. The number of nitrogens with zero attached hydrogens (tertiary/aromatic N) is 2. The standard InChI is InChI=1S/C17H29N3S/c1-4-17(3)9-11-20(12-10-17)16-19-15-13(18-5-2)7-6-8-14(15)21-16/h13,18H,4-12H2,1-3H3. The molecule has 21 heavy (non-hydrogen) atoms. The molecule has 4 heteroatoms. The molecule has 2 heterocycles. The van der Waals surface area contributed by atoms with E-state index >= 15 is 0 Å². The third-order valence-electron chi connectivity index (χ3n) is 5.49. The van der Waals surface area contributed by atoms with Crippen LogP contribution >= 0.6 is 11.3 Å². The van der Waals surface area contributed by atoms with E-state index in [-0.39, 0.29) is 0 Å². The Labute approximate surface area is 133 Å². The zero-order valence-electron chi connectivity index (χ0n) is 13.7. The molecule has 1 atom stereocenters. The summed E-state index contributed by atoms with van der Waals surface area (Å²) in [7, 11) is 0. The lowest BCUT2D eigenvalue weighted by Gasteiger charge is -2.38. The van der Waals surface area contributed by atoms with Crippen molar-refractivity contribution in [3.63, 3.8) is 0 Å². The van der Waals surface area contributed by atoms with Crippen LogP contribution in [0, 0.1) is 5.41 Å². The third kappa shape index (κ3) is 3.11. The van der Waals surface area contributed by atoms with Gasteiger partial charge in [-0.15, -0.1) is 11.3 Å². The average Bonchev–Trinajstić information content (AvgIpc) is 2.93. The fraction of sp³-hybridized carbons (Fsp3) is 0.824. The highest BCUT2D eigenvalue weighted by Gasteiger charge is 2.31. The topological polar surface area (TPSA) is 28.2 Å². The van der Waals surface area contributed by atoms with Gasteiger partial charge in [0, 0.05) is 18.0 Å². The molecule has 2 aliphatic rings. The van der Waals surface area contributed by atoms with Crippen LogP contribution < -0.4 is 10.2 Å². The van der Waals surface area contributed by atoms with E-state index < -0.39 is 0 Å². The summed E-state index contributed by atoms with van der Waals surface area (Å²) in [4.78, 5) is 9.09. The predicted molar refractivity (Wildman–Crippen MR) is 91.3 cm³/mol. The Kier molecular flexibility index (Phi) is 4.55. The van der Waals surface area contributed by atoms with Gasteiger partial charge >= 0.3 is 0 Å². The van der Waals surface area contributed by atoms with Crippen LogP contribution in [-0.2, 0) is 6.42 Å². The first kappa shape index (κ1) is 15.3. The SMILES string of the molecule is CCNC1CCCc2sc(N3CCC(C)(CC)CC3)nc21. The number of hydrogen-bond acceptors (Lipinski definition) is 4. The number of fused-ring (bicyclic) bond motifs is 1. The maximum absolute atomic E-state index is 5.03. The summed E-state index contributed by atoms with van der Waals surface area (Å²) in [6, 6.07) is 0.495. The third-order valence-corrected chi connectivity index (χ3v) is 6.68. The molecule has 0 radical (unpaired) electrons. The number of aryl methyl sites for hydroxylation is 1. The van der Waals surface area contributed by atoms with Gasteiger partial charge in [-0.3, -0.25) is 0 Å². The summed E-state index contributed by atoms with van der Waals surface area (Å²) in [5, 5.41) is 4.89. The summed E-state index contributed by atoms with van der Waals surface area (Å²) >= 11 is 1.95. The van der Waals surface area contributed by atoms with E-state index in [2.05, 4.69) is 31.0 Å². The monoisotopic (exact) mass is 307 g/mol. The van der Waals surface area contributed by atoms with Crippen molar-refractivity contribution in [2.75, 3.05) is 24.5 Å². The minimum atomic E-state index is 0.495. The normalized spacial score (nSPS) is 24.9. The molecule has 0 saturated carbocycles. The Bertz CT molecular complexity index is 474. The van der Waals surface area contributed by atoms with E-state index in [9.17, 15) is 0 Å². The van der Waals surface area contributed by atoms with Crippen molar-refractivity contribution in [1.82, 2.24) is 10.3 Å². The molecule has 0 amide bonds. The molecule has 1 saturated heterocycles. The first-order valence-corrected chi connectivity index (χ1v) is 9.45. The van der Waals surface area contributed by atoms with E-state index in [1.165, 1.54) is 67.3 Å². The molecule has 0 aromatic carbocycles. The van der Waals surface area contributed by atoms with Gasteiger partial charge in [0.2, 0.25) is 0 Å². The lowest BCUT2D eigenvalue weighted by atomic mass is 9.78. The molecule has 0 bridgehead atoms. The van der Waals surface area contributed by atoms with Crippen LogP contribution in [0.1, 0.15) is 69.5 Å². The van der Waals surface area contributed by atoms with Crippen molar-refractivity contribution in [3.8, 4) is 0 Å². The Morgan fingerprint density at radius 1 is 1.33 bits per heavy atom. The summed E-state index contributed by atoms with van der Waals surface area (Å²) in [6.45, 7) is 10.4. The van der Waals surface area contributed by atoms with E-state index in [0.717, 1.165) is 6.54 Å². The fourth-order valence-electron chi connectivity index (χ4n) is 3.58. The van der Waals surface area contributed by atoms with Gasteiger partial charge in [-0.2, -0.15) is 0 Å². The molecule has 1 unspecified atom stereocenters. The average molecular weight is 308 g/mol. The molecule has 118 valence electrons. The second-order valence-corrected chi connectivity index (χ2v) is 8.02. The van der Waals surface area contributed by atoms with Gasteiger partial charge in [-0.1, -0.05) is 27.2 Å². The van der Waals surface area contributed by atoms with Crippen molar-refractivity contribution >= 4 is 16.5 Å². The minimum Gasteiger partial charge on any atom is -0.348 e. The maximum atomic E-state index is 5.03. The number of thiazole rings is 1. The van der Waals surface area contributed by atoms with Crippen LogP contribution in [0.25, 0.3) is 0 Å². The number of nitrogens with one attached hydrogen (secondary N) is 1. The van der Waals surface area contributed by atoms with Crippen LogP contribution in [0.3, 0.4) is 0 Å². The first-order chi connectivity index (χ1) is 10.1. The van der Waals surface area contributed by atoms with Crippen LogP contribution in [0.15, 0.2) is 0 Å². The van der Waals surface area contributed by atoms with Gasteiger partial charge in [-0.05, 0) is 44.1 Å². The van der Waals surface area contributed by atoms with E-state index in [1.807, 2.05) is 11.3 Å². The molecule has 1 aromatic heterocycles. The second kappa shape index (κ2) is 6.25. The quantitative estimate of drug-likeness (QED) is 0.906. The Morgan fingerprint density at radius 2 is 2.10 bits per heavy atom. The molecular formula is C17H29N3S. The van der Waals surface area contributed by atoms with Crippen molar-refractivity contribution in [1.29, 1.82) is 0 Å². The number of piperidine rings is 1. The lowest BCUT2D eigenvalue weighted by Crippen LogP contribution is -2.38. The molecule has 1 aliphatic carbocycles. The van der Waals surface area contributed by atoms with E-state index in [4.69, 9.17) is 4.98 Å². The maximum Gasteiger partial charge on any atom is 0.185 e. The Hall–Kier alpha value is -0.610. The summed E-state index contributed by atoms with van der Waals surface area (Å²) in [5.74, 6) is 0. The van der Waals surface area contributed by atoms with Crippen LogP contribution in [-0.4, -0.2) is 24.6 Å². The van der Waals surface area contributed by atoms with Crippen LogP contribution in [0.4, 0.5) is 5.13 Å². The zero-order valence-corrected chi connectivity index (χ0v) is 14.6. The zero-order chi connectivity index (χ0) is 14.9. The molecule has 3 nitrogen and oxygen atoms in total. The summed E-state index contributed by atoms with van der Waals surface area (Å²) < 4.78 is 0. The Morgan fingerprint density at radius 3 is 2.76 bits per heavy atom. The van der Waals surface area contributed by atoms with Gasteiger partial charge in [0.15, 0.2) is 5.13 Å². The largest absolute Gasteiger partial charge is 0.348 e. The van der Waals surface area contributed by atoms with Crippen molar-refractivity contribution in [2.45, 2.75) is 65.3 Å². The Balaban J connectivity index is 1.73. The molecule has 3 rings (SSSR count). The van der Waals surface area contributed by atoms with Crippen LogP contribution in [0.2, 0.25) is 0 Å². The first-order valence-electron chi connectivity index (χ1n) is 8.63. The number of rotatable bonds is 4. The second-order valence-electron chi connectivity index (χ2n) is 6.96. The predicted octanol–water partition coefficient (Wildman–Crippen LogP) is 4.15. The van der Waals surface area contributed by atoms with Crippen molar-refractivity contribution < 1.29 is 0 Å². The van der Waals surface area contributed by atoms with Crippen LogP contribution in [0.5, 0.6) is 0 Å². The lowest BCUT2D eigenvalue weighted by molar-refractivity contribution is 0.238. The van der Waals surface area contributed by atoms with Gasteiger partial charge in [0.1, 0.15) is 0 Å². The number of anilines is 1. The van der Waals surface area contributed by atoms with E-state index in [0.29, 0.717) is 11.5 Å². The van der Waals surface area contributed by atoms with Gasteiger partial charge < -0.3 is 10.2 Å². The highest BCUT2D eigenvalue weighted by atomic mass is 32.1. The summed E-state index contributed by atoms with van der Waals surface area (Å²) in [6.07, 6.45) is 7.71.